The van der Waals surface area contributed by atoms with Crippen LogP contribution in [0, 0.1) is 0 Å². The first-order chi connectivity index (χ1) is 9.22. The van der Waals surface area contributed by atoms with Crippen LogP contribution in [-0.2, 0) is 0 Å². The summed E-state index contributed by atoms with van der Waals surface area (Å²) in [5.41, 5.74) is 9.84. The third-order valence-corrected chi connectivity index (χ3v) is 4.10. The minimum absolute atomic E-state index is 0.334. The first-order valence-electron chi connectivity index (χ1n) is 6.19. The molecule has 0 aliphatic rings. The molecular weight excluding hydrogens is 254 g/mol. The van der Waals surface area contributed by atoms with Crippen LogP contribution < -0.4 is 5.73 Å². The van der Waals surface area contributed by atoms with E-state index in [1.54, 1.807) is 11.8 Å². The van der Waals surface area contributed by atoms with Crippen molar-refractivity contribution in [1.82, 2.24) is 9.97 Å². The van der Waals surface area contributed by atoms with Crippen LogP contribution in [0.25, 0.3) is 11.0 Å². The number of nitrogens with zero attached hydrogens (tertiary/aromatic N) is 1. The average Bonchev–Trinajstić information content (AvgIpc) is 2.81. The standard InChI is InChI=1S/C15H15N3S/c1-10(11-6-8-12(16)9-7-11)19-15-17-13-4-2-3-5-14(13)18-15/h2-10H,16H2,1H3,(H,17,18). The van der Waals surface area contributed by atoms with Gasteiger partial charge in [-0.25, -0.2) is 4.98 Å². The molecule has 1 aromatic heterocycles. The van der Waals surface area contributed by atoms with Gasteiger partial charge in [0, 0.05) is 10.9 Å². The number of nitrogen functional groups attached to an aromatic ring is 1. The van der Waals surface area contributed by atoms with Crippen molar-refractivity contribution in [3.63, 3.8) is 0 Å². The molecule has 19 heavy (non-hydrogen) atoms. The van der Waals surface area contributed by atoms with E-state index in [1.807, 2.05) is 36.4 Å². The molecule has 96 valence electrons. The number of thioether (sulfide) groups is 1. The van der Waals surface area contributed by atoms with Gasteiger partial charge in [-0.05, 0) is 36.8 Å². The quantitative estimate of drug-likeness (QED) is 0.558. The van der Waals surface area contributed by atoms with Crippen LogP contribution >= 0.6 is 11.8 Å². The van der Waals surface area contributed by atoms with Crippen LogP contribution in [0.2, 0.25) is 0 Å². The van der Waals surface area contributed by atoms with Crippen molar-refractivity contribution in [3.8, 4) is 0 Å². The van der Waals surface area contributed by atoms with Crippen LogP contribution in [0.1, 0.15) is 17.7 Å². The minimum Gasteiger partial charge on any atom is -0.399 e. The second kappa shape index (κ2) is 4.97. The molecule has 0 spiro atoms. The summed E-state index contributed by atoms with van der Waals surface area (Å²) in [6.07, 6.45) is 0. The van der Waals surface area contributed by atoms with Gasteiger partial charge in [-0.15, -0.1) is 0 Å². The Bertz CT molecular complexity index is 655. The van der Waals surface area contributed by atoms with Crippen molar-refractivity contribution in [2.24, 2.45) is 0 Å². The van der Waals surface area contributed by atoms with Crippen molar-refractivity contribution in [1.29, 1.82) is 0 Å². The number of benzene rings is 2. The second-order valence-corrected chi connectivity index (χ2v) is 5.82. The van der Waals surface area contributed by atoms with Gasteiger partial charge in [-0.1, -0.05) is 36.0 Å². The number of hydrogen-bond acceptors (Lipinski definition) is 3. The lowest BCUT2D eigenvalue weighted by molar-refractivity contribution is 1.03. The summed E-state index contributed by atoms with van der Waals surface area (Å²) in [5.74, 6) is 0. The lowest BCUT2D eigenvalue weighted by Crippen LogP contribution is -1.90. The molecule has 3 N–H and O–H groups in total. The Morgan fingerprint density at radius 3 is 2.58 bits per heavy atom. The number of para-hydroxylation sites is 2. The summed E-state index contributed by atoms with van der Waals surface area (Å²) in [5, 5.41) is 1.28. The van der Waals surface area contributed by atoms with E-state index in [4.69, 9.17) is 5.73 Å². The summed E-state index contributed by atoms with van der Waals surface area (Å²) in [4.78, 5) is 7.91. The topological polar surface area (TPSA) is 54.7 Å². The third kappa shape index (κ3) is 2.58. The van der Waals surface area contributed by atoms with Crippen molar-refractivity contribution in [2.45, 2.75) is 17.3 Å². The van der Waals surface area contributed by atoms with E-state index in [2.05, 4.69) is 29.0 Å². The number of imidazole rings is 1. The van der Waals surface area contributed by atoms with E-state index >= 15 is 0 Å². The van der Waals surface area contributed by atoms with Gasteiger partial charge in [0.25, 0.3) is 0 Å². The predicted molar refractivity (Wildman–Crippen MR) is 81.2 cm³/mol. The number of rotatable bonds is 3. The van der Waals surface area contributed by atoms with Crippen LogP contribution in [0.4, 0.5) is 5.69 Å². The Balaban J connectivity index is 1.82. The monoisotopic (exact) mass is 269 g/mol. The van der Waals surface area contributed by atoms with Crippen LogP contribution in [0.5, 0.6) is 0 Å². The maximum atomic E-state index is 5.71. The molecule has 0 aliphatic heterocycles. The maximum absolute atomic E-state index is 5.71. The molecule has 1 unspecified atom stereocenters. The maximum Gasteiger partial charge on any atom is 0.166 e. The Morgan fingerprint density at radius 2 is 1.84 bits per heavy atom. The van der Waals surface area contributed by atoms with Gasteiger partial charge in [0.15, 0.2) is 5.16 Å². The van der Waals surface area contributed by atoms with Gasteiger partial charge in [0.1, 0.15) is 0 Å². The van der Waals surface area contributed by atoms with Crippen LogP contribution in [0.3, 0.4) is 0 Å². The van der Waals surface area contributed by atoms with Gasteiger partial charge < -0.3 is 10.7 Å². The molecule has 1 atom stereocenters. The molecule has 0 saturated heterocycles. The minimum atomic E-state index is 0.334. The fourth-order valence-corrected chi connectivity index (χ4v) is 2.94. The van der Waals surface area contributed by atoms with Crippen LogP contribution in [0.15, 0.2) is 53.7 Å². The molecule has 4 heteroatoms. The molecule has 0 radical (unpaired) electrons. The second-order valence-electron chi connectivity index (χ2n) is 4.49. The summed E-state index contributed by atoms with van der Waals surface area (Å²) < 4.78 is 0. The zero-order valence-electron chi connectivity index (χ0n) is 10.6. The summed E-state index contributed by atoms with van der Waals surface area (Å²) in [7, 11) is 0. The number of H-pyrrole nitrogens is 1. The van der Waals surface area contributed by atoms with E-state index < -0.39 is 0 Å². The lowest BCUT2D eigenvalue weighted by Gasteiger charge is -2.09. The van der Waals surface area contributed by atoms with Crippen LogP contribution in [-0.4, -0.2) is 9.97 Å². The lowest BCUT2D eigenvalue weighted by atomic mass is 10.1. The van der Waals surface area contributed by atoms with Gasteiger partial charge >= 0.3 is 0 Å². The molecule has 3 rings (SSSR count). The molecule has 0 bridgehead atoms. The highest BCUT2D eigenvalue weighted by Crippen LogP contribution is 2.34. The molecule has 1 heterocycles. The van der Waals surface area contributed by atoms with Crippen molar-refractivity contribution in [3.05, 3.63) is 54.1 Å². The largest absolute Gasteiger partial charge is 0.399 e. The fourth-order valence-electron chi connectivity index (χ4n) is 1.99. The normalized spacial score (nSPS) is 12.7. The average molecular weight is 269 g/mol. The number of aromatic amines is 1. The van der Waals surface area contributed by atoms with Gasteiger partial charge in [0.2, 0.25) is 0 Å². The molecule has 3 aromatic rings. The Labute approximate surface area is 116 Å². The predicted octanol–water partition coefficient (Wildman–Crippen LogP) is 4.00. The molecule has 0 aliphatic carbocycles. The highest BCUT2D eigenvalue weighted by molar-refractivity contribution is 7.99. The first kappa shape index (κ1) is 12.1. The van der Waals surface area contributed by atoms with Gasteiger partial charge in [-0.2, -0.15) is 0 Å². The van der Waals surface area contributed by atoms with E-state index in [1.165, 1.54) is 5.56 Å². The molecule has 0 amide bonds. The number of hydrogen-bond donors (Lipinski definition) is 2. The zero-order chi connectivity index (χ0) is 13.2. The fraction of sp³-hybridized carbons (Fsp3) is 0.133. The Kier molecular flexibility index (Phi) is 3.17. The third-order valence-electron chi connectivity index (χ3n) is 3.06. The SMILES string of the molecule is CC(Sc1nc2ccccc2[nH]1)c1ccc(N)cc1. The van der Waals surface area contributed by atoms with Crippen molar-refractivity contribution < 1.29 is 0 Å². The summed E-state index contributed by atoms with van der Waals surface area (Å²) in [6.45, 7) is 2.17. The smallest absolute Gasteiger partial charge is 0.166 e. The molecular formula is C15H15N3S. The number of anilines is 1. The highest BCUT2D eigenvalue weighted by atomic mass is 32.2. The molecule has 0 saturated carbocycles. The number of fused-ring (bicyclic) bond motifs is 1. The van der Waals surface area contributed by atoms with E-state index in [0.29, 0.717) is 5.25 Å². The van der Waals surface area contributed by atoms with E-state index in [-0.39, 0.29) is 0 Å². The molecule has 3 nitrogen and oxygen atoms in total. The van der Waals surface area contributed by atoms with Gasteiger partial charge in [-0.3, -0.25) is 0 Å². The Hall–Kier alpha value is -1.94. The van der Waals surface area contributed by atoms with E-state index in [0.717, 1.165) is 21.9 Å². The molecule has 0 fully saturated rings. The first-order valence-corrected chi connectivity index (χ1v) is 7.07. The zero-order valence-corrected chi connectivity index (χ0v) is 11.4. The van der Waals surface area contributed by atoms with E-state index in [9.17, 15) is 0 Å². The summed E-state index contributed by atoms with van der Waals surface area (Å²) in [6, 6.07) is 16.1. The number of nitrogens with one attached hydrogen (secondary N) is 1. The molecule has 2 aromatic carbocycles. The number of aromatic nitrogens is 2. The highest BCUT2D eigenvalue weighted by Gasteiger charge is 2.10. The van der Waals surface area contributed by atoms with Crippen molar-refractivity contribution >= 4 is 28.5 Å². The summed E-state index contributed by atoms with van der Waals surface area (Å²) >= 11 is 1.72. The Morgan fingerprint density at radius 1 is 1.11 bits per heavy atom. The van der Waals surface area contributed by atoms with Gasteiger partial charge in [0.05, 0.1) is 11.0 Å². The number of nitrogens with two attached hydrogens (primary N) is 1. The van der Waals surface area contributed by atoms with Crippen molar-refractivity contribution in [2.75, 3.05) is 5.73 Å².